The minimum atomic E-state index is -0.297. The number of nitrogens with zero attached hydrogens (tertiary/aromatic N) is 2. The third-order valence-electron chi connectivity index (χ3n) is 3.79. The van der Waals surface area contributed by atoms with Crippen LogP contribution >= 0.6 is 0 Å². The zero-order valence-corrected chi connectivity index (χ0v) is 14.4. The van der Waals surface area contributed by atoms with Crippen molar-refractivity contribution in [2.45, 2.75) is 13.0 Å². The number of para-hydroxylation sites is 1. The number of aromatic nitrogens is 2. The molecule has 2 aromatic heterocycles. The highest BCUT2D eigenvalue weighted by molar-refractivity contribution is 5.92. The molecule has 7 nitrogen and oxygen atoms in total. The van der Waals surface area contributed by atoms with Crippen molar-refractivity contribution in [2.24, 2.45) is 0 Å². The smallest absolute Gasteiger partial charge is 0.272 e. The first-order valence-corrected chi connectivity index (χ1v) is 8.26. The van der Waals surface area contributed by atoms with E-state index in [1.54, 1.807) is 37.6 Å². The number of rotatable bonds is 8. The van der Waals surface area contributed by atoms with Crippen LogP contribution < -0.4 is 15.4 Å². The van der Waals surface area contributed by atoms with E-state index in [0.717, 1.165) is 17.7 Å². The van der Waals surface area contributed by atoms with Crippen molar-refractivity contribution in [1.82, 2.24) is 15.5 Å². The SMILES string of the molecule is COc1ccccc1CCNc1ccc(C(=O)NCc2ccco2)nn1. The van der Waals surface area contributed by atoms with E-state index in [1.807, 2.05) is 24.3 Å². The Morgan fingerprint density at radius 1 is 1.12 bits per heavy atom. The summed E-state index contributed by atoms with van der Waals surface area (Å²) >= 11 is 0. The molecule has 2 heterocycles. The topological polar surface area (TPSA) is 89.3 Å². The predicted octanol–water partition coefficient (Wildman–Crippen LogP) is 2.66. The van der Waals surface area contributed by atoms with Gasteiger partial charge in [0, 0.05) is 6.54 Å². The van der Waals surface area contributed by atoms with E-state index >= 15 is 0 Å². The van der Waals surface area contributed by atoms with Crippen LogP contribution in [-0.4, -0.2) is 29.8 Å². The van der Waals surface area contributed by atoms with Crippen molar-refractivity contribution >= 4 is 11.7 Å². The van der Waals surface area contributed by atoms with Crippen LogP contribution in [0.4, 0.5) is 5.82 Å². The number of benzene rings is 1. The molecule has 0 radical (unpaired) electrons. The van der Waals surface area contributed by atoms with Gasteiger partial charge in [-0.3, -0.25) is 4.79 Å². The first kappa shape index (κ1) is 17.5. The molecule has 7 heteroatoms. The van der Waals surface area contributed by atoms with E-state index in [-0.39, 0.29) is 11.6 Å². The van der Waals surface area contributed by atoms with E-state index in [9.17, 15) is 4.79 Å². The van der Waals surface area contributed by atoms with Crippen LogP contribution in [0.25, 0.3) is 0 Å². The van der Waals surface area contributed by atoms with Gasteiger partial charge in [0.15, 0.2) is 5.69 Å². The Balaban J connectivity index is 1.48. The number of hydrogen-bond donors (Lipinski definition) is 2. The largest absolute Gasteiger partial charge is 0.496 e. The van der Waals surface area contributed by atoms with Gasteiger partial charge >= 0.3 is 0 Å². The first-order valence-electron chi connectivity index (χ1n) is 8.26. The molecule has 0 aliphatic carbocycles. The molecule has 26 heavy (non-hydrogen) atoms. The molecule has 0 atom stereocenters. The van der Waals surface area contributed by atoms with Crippen LogP contribution in [0, 0.1) is 0 Å². The van der Waals surface area contributed by atoms with Gasteiger partial charge in [-0.25, -0.2) is 0 Å². The van der Waals surface area contributed by atoms with Gasteiger partial charge in [-0.05, 0) is 42.3 Å². The van der Waals surface area contributed by atoms with E-state index in [2.05, 4.69) is 20.8 Å². The van der Waals surface area contributed by atoms with Crippen molar-refractivity contribution in [3.63, 3.8) is 0 Å². The minimum Gasteiger partial charge on any atom is -0.496 e. The third kappa shape index (κ3) is 4.60. The number of furan rings is 1. The zero-order chi connectivity index (χ0) is 18.2. The van der Waals surface area contributed by atoms with Gasteiger partial charge in [0.05, 0.1) is 19.9 Å². The van der Waals surface area contributed by atoms with E-state index < -0.39 is 0 Å². The number of ether oxygens (including phenoxy) is 1. The fourth-order valence-electron chi connectivity index (χ4n) is 2.45. The number of anilines is 1. The summed E-state index contributed by atoms with van der Waals surface area (Å²) in [7, 11) is 1.66. The average molecular weight is 352 g/mol. The van der Waals surface area contributed by atoms with Gasteiger partial charge in [0.25, 0.3) is 5.91 Å². The maximum absolute atomic E-state index is 12.0. The number of methoxy groups -OCH3 is 1. The third-order valence-corrected chi connectivity index (χ3v) is 3.79. The molecule has 1 amide bonds. The molecule has 0 saturated heterocycles. The normalized spacial score (nSPS) is 10.3. The Morgan fingerprint density at radius 3 is 2.73 bits per heavy atom. The van der Waals surface area contributed by atoms with Crippen molar-refractivity contribution < 1.29 is 13.9 Å². The first-order chi connectivity index (χ1) is 12.8. The van der Waals surface area contributed by atoms with Gasteiger partial charge in [-0.1, -0.05) is 18.2 Å². The quantitative estimate of drug-likeness (QED) is 0.648. The molecule has 2 N–H and O–H groups in total. The lowest BCUT2D eigenvalue weighted by Crippen LogP contribution is -2.24. The zero-order valence-electron chi connectivity index (χ0n) is 14.4. The lowest BCUT2D eigenvalue weighted by molar-refractivity contribution is 0.0942. The lowest BCUT2D eigenvalue weighted by atomic mass is 10.1. The van der Waals surface area contributed by atoms with Gasteiger partial charge in [-0.2, -0.15) is 0 Å². The monoisotopic (exact) mass is 352 g/mol. The summed E-state index contributed by atoms with van der Waals surface area (Å²) in [5.41, 5.74) is 1.37. The maximum atomic E-state index is 12.0. The number of nitrogens with one attached hydrogen (secondary N) is 2. The standard InChI is InChI=1S/C19H20N4O3/c1-25-17-7-3-2-5-14(17)10-11-20-18-9-8-16(22-23-18)19(24)21-13-15-6-4-12-26-15/h2-9,12H,10-11,13H2,1H3,(H,20,23)(H,21,24). The number of carbonyl (C=O) groups excluding carboxylic acids is 1. The van der Waals surface area contributed by atoms with Crippen LogP contribution in [0.2, 0.25) is 0 Å². The van der Waals surface area contributed by atoms with Crippen LogP contribution in [0.15, 0.2) is 59.2 Å². The van der Waals surface area contributed by atoms with Crippen molar-refractivity contribution in [1.29, 1.82) is 0 Å². The highest BCUT2D eigenvalue weighted by Crippen LogP contribution is 2.17. The molecule has 0 aliphatic rings. The van der Waals surface area contributed by atoms with E-state index in [1.165, 1.54) is 0 Å². The molecule has 0 fully saturated rings. The minimum absolute atomic E-state index is 0.256. The Hall–Kier alpha value is -3.35. The summed E-state index contributed by atoms with van der Waals surface area (Å²) in [6, 6.07) is 14.8. The van der Waals surface area contributed by atoms with Gasteiger partial charge in [0.2, 0.25) is 0 Å². The number of hydrogen-bond acceptors (Lipinski definition) is 6. The molecule has 0 aliphatic heterocycles. The molecule has 1 aromatic carbocycles. The molecule has 3 rings (SSSR count). The van der Waals surface area contributed by atoms with Crippen LogP contribution in [-0.2, 0) is 13.0 Å². The maximum Gasteiger partial charge on any atom is 0.272 e. The summed E-state index contributed by atoms with van der Waals surface area (Å²) in [5.74, 6) is 1.86. The van der Waals surface area contributed by atoms with Crippen LogP contribution in [0.5, 0.6) is 5.75 Å². The van der Waals surface area contributed by atoms with Crippen LogP contribution in [0.1, 0.15) is 21.8 Å². The second-order valence-corrected chi connectivity index (χ2v) is 5.55. The molecule has 3 aromatic rings. The molecule has 0 saturated carbocycles. The van der Waals surface area contributed by atoms with Gasteiger partial charge in [-0.15, -0.1) is 10.2 Å². The highest BCUT2D eigenvalue weighted by atomic mass is 16.5. The van der Waals surface area contributed by atoms with Crippen molar-refractivity contribution in [2.75, 3.05) is 19.0 Å². The Labute approximate surface area is 151 Å². The molecule has 0 bridgehead atoms. The predicted molar refractivity (Wildman–Crippen MR) is 97.1 cm³/mol. The molecular formula is C19H20N4O3. The summed E-state index contributed by atoms with van der Waals surface area (Å²) in [6.07, 6.45) is 2.35. The van der Waals surface area contributed by atoms with Gasteiger partial charge in [0.1, 0.15) is 17.3 Å². The fraction of sp³-hybridized carbons (Fsp3) is 0.211. The average Bonchev–Trinajstić information content (AvgIpc) is 3.20. The molecular weight excluding hydrogens is 332 g/mol. The molecule has 134 valence electrons. The van der Waals surface area contributed by atoms with E-state index in [0.29, 0.717) is 24.7 Å². The van der Waals surface area contributed by atoms with Crippen LogP contribution in [0.3, 0.4) is 0 Å². The summed E-state index contributed by atoms with van der Waals surface area (Å²) in [5, 5.41) is 13.9. The molecule has 0 unspecified atom stereocenters. The fourth-order valence-corrected chi connectivity index (χ4v) is 2.45. The summed E-state index contributed by atoms with van der Waals surface area (Å²) < 4.78 is 10.5. The Kier molecular flexibility index (Phi) is 5.82. The van der Waals surface area contributed by atoms with Gasteiger partial charge < -0.3 is 19.8 Å². The summed E-state index contributed by atoms with van der Waals surface area (Å²) in [6.45, 7) is 0.992. The lowest BCUT2D eigenvalue weighted by Gasteiger charge is -2.09. The van der Waals surface area contributed by atoms with E-state index in [4.69, 9.17) is 9.15 Å². The number of carbonyl (C=O) groups is 1. The van der Waals surface area contributed by atoms with Crippen molar-refractivity contribution in [3.8, 4) is 5.75 Å². The summed E-state index contributed by atoms with van der Waals surface area (Å²) in [4.78, 5) is 12.0. The highest BCUT2D eigenvalue weighted by Gasteiger charge is 2.09. The second kappa shape index (κ2) is 8.66. The Bertz CT molecular complexity index is 832. The van der Waals surface area contributed by atoms with Crippen molar-refractivity contribution in [3.05, 3.63) is 71.8 Å². The molecule has 0 spiro atoms. The number of amides is 1. The Morgan fingerprint density at radius 2 is 2.00 bits per heavy atom. The second-order valence-electron chi connectivity index (χ2n) is 5.55.